The third-order valence-corrected chi connectivity index (χ3v) is 3.74. The summed E-state index contributed by atoms with van der Waals surface area (Å²) < 4.78 is 0. The van der Waals surface area contributed by atoms with Crippen molar-refractivity contribution in [3.63, 3.8) is 0 Å². The highest BCUT2D eigenvalue weighted by atomic mass is 16.3. The number of aliphatic hydroxyl groups is 1. The van der Waals surface area contributed by atoms with Gasteiger partial charge in [-0.3, -0.25) is 9.69 Å². The molecule has 0 radical (unpaired) electrons. The van der Waals surface area contributed by atoms with E-state index in [1.165, 1.54) is 5.56 Å². The Morgan fingerprint density at radius 1 is 1.37 bits per heavy atom. The SMILES string of the molecule is Cc1ccc(N2CCCC(N(C)CCO)C2=O)cc1. The summed E-state index contributed by atoms with van der Waals surface area (Å²) >= 11 is 0. The van der Waals surface area contributed by atoms with Gasteiger partial charge >= 0.3 is 0 Å². The molecule has 1 unspecified atom stereocenters. The molecule has 104 valence electrons. The molecule has 1 saturated heterocycles. The summed E-state index contributed by atoms with van der Waals surface area (Å²) in [5.41, 5.74) is 2.17. The van der Waals surface area contributed by atoms with E-state index in [0.29, 0.717) is 6.54 Å². The van der Waals surface area contributed by atoms with Gasteiger partial charge in [-0.2, -0.15) is 0 Å². The van der Waals surface area contributed by atoms with Crippen LogP contribution in [-0.4, -0.2) is 48.7 Å². The summed E-state index contributed by atoms with van der Waals surface area (Å²) in [6.45, 7) is 3.45. The molecule has 19 heavy (non-hydrogen) atoms. The van der Waals surface area contributed by atoms with Crippen molar-refractivity contribution in [1.82, 2.24) is 4.90 Å². The van der Waals surface area contributed by atoms with E-state index in [9.17, 15) is 4.79 Å². The first-order chi connectivity index (χ1) is 9.13. The van der Waals surface area contributed by atoms with E-state index in [2.05, 4.69) is 0 Å². The van der Waals surface area contributed by atoms with E-state index < -0.39 is 0 Å². The number of nitrogens with zero attached hydrogens (tertiary/aromatic N) is 2. The second-order valence-electron chi connectivity index (χ2n) is 5.19. The lowest BCUT2D eigenvalue weighted by atomic mass is 10.0. The van der Waals surface area contributed by atoms with Crippen LogP contribution in [0, 0.1) is 6.92 Å². The van der Waals surface area contributed by atoms with Crippen molar-refractivity contribution in [2.45, 2.75) is 25.8 Å². The van der Waals surface area contributed by atoms with E-state index in [1.807, 2.05) is 48.0 Å². The normalized spacial score (nSPS) is 20.1. The Kier molecular flexibility index (Phi) is 4.56. The predicted molar refractivity (Wildman–Crippen MR) is 76.3 cm³/mol. The fourth-order valence-electron chi connectivity index (χ4n) is 2.56. The molecule has 0 aliphatic carbocycles. The number of aryl methyl sites for hydroxylation is 1. The fourth-order valence-corrected chi connectivity index (χ4v) is 2.56. The Morgan fingerprint density at radius 2 is 2.05 bits per heavy atom. The van der Waals surface area contributed by atoms with Crippen LogP contribution in [0.5, 0.6) is 0 Å². The second-order valence-corrected chi connectivity index (χ2v) is 5.19. The number of likely N-dealkylation sites (N-methyl/N-ethyl adjacent to an activating group) is 1. The van der Waals surface area contributed by atoms with Crippen LogP contribution >= 0.6 is 0 Å². The number of hydrogen-bond acceptors (Lipinski definition) is 3. The average Bonchev–Trinajstić information content (AvgIpc) is 2.40. The van der Waals surface area contributed by atoms with Gasteiger partial charge in [-0.05, 0) is 38.9 Å². The van der Waals surface area contributed by atoms with Crippen molar-refractivity contribution in [1.29, 1.82) is 0 Å². The minimum Gasteiger partial charge on any atom is -0.395 e. The van der Waals surface area contributed by atoms with E-state index >= 15 is 0 Å². The van der Waals surface area contributed by atoms with E-state index in [-0.39, 0.29) is 18.6 Å². The molecule has 1 amide bonds. The second kappa shape index (κ2) is 6.17. The van der Waals surface area contributed by atoms with Crippen molar-refractivity contribution in [2.24, 2.45) is 0 Å². The molecule has 1 aromatic carbocycles. The van der Waals surface area contributed by atoms with Gasteiger partial charge in [-0.15, -0.1) is 0 Å². The molecule has 0 saturated carbocycles. The lowest BCUT2D eigenvalue weighted by molar-refractivity contribution is -0.125. The Balaban J connectivity index is 2.13. The molecule has 1 atom stereocenters. The van der Waals surface area contributed by atoms with Gasteiger partial charge < -0.3 is 10.0 Å². The predicted octanol–water partition coefficient (Wildman–Crippen LogP) is 1.41. The molecule has 0 bridgehead atoms. The Morgan fingerprint density at radius 3 is 2.68 bits per heavy atom. The van der Waals surface area contributed by atoms with Crippen molar-refractivity contribution < 1.29 is 9.90 Å². The van der Waals surface area contributed by atoms with Gasteiger partial charge in [-0.25, -0.2) is 0 Å². The van der Waals surface area contributed by atoms with Gasteiger partial charge in [0.1, 0.15) is 0 Å². The van der Waals surface area contributed by atoms with Crippen molar-refractivity contribution >= 4 is 11.6 Å². The van der Waals surface area contributed by atoms with Crippen LogP contribution in [0.3, 0.4) is 0 Å². The molecule has 4 heteroatoms. The van der Waals surface area contributed by atoms with Gasteiger partial charge in [-0.1, -0.05) is 17.7 Å². The van der Waals surface area contributed by atoms with Crippen LogP contribution in [0.1, 0.15) is 18.4 Å². The Hall–Kier alpha value is -1.39. The zero-order valence-corrected chi connectivity index (χ0v) is 11.7. The quantitative estimate of drug-likeness (QED) is 0.892. The van der Waals surface area contributed by atoms with Gasteiger partial charge in [0.15, 0.2) is 0 Å². The minimum absolute atomic E-state index is 0.0881. The number of rotatable bonds is 4. The average molecular weight is 262 g/mol. The summed E-state index contributed by atoms with van der Waals surface area (Å²) in [4.78, 5) is 16.3. The van der Waals surface area contributed by atoms with E-state index in [0.717, 1.165) is 25.1 Å². The number of aliphatic hydroxyl groups excluding tert-OH is 1. The summed E-state index contributed by atoms with van der Waals surface area (Å²) in [7, 11) is 1.90. The summed E-state index contributed by atoms with van der Waals surface area (Å²) in [5.74, 6) is 0.144. The smallest absolute Gasteiger partial charge is 0.244 e. The maximum Gasteiger partial charge on any atom is 0.244 e. The number of carbonyl (C=O) groups excluding carboxylic acids is 1. The highest BCUT2D eigenvalue weighted by Crippen LogP contribution is 2.23. The first-order valence-electron chi connectivity index (χ1n) is 6.82. The van der Waals surface area contributed by atoms with Gasteiger partial charge in [0.05, 0.1) is 12.6 Å². The molecule has 2 rings (SSSR count). The van der Waals surface area contributed by atoms with E-state index in [1.54, 1.807) is 0 Å². The molecule has 1 aliphatic heterocycles. The van der Waals surface area contributed by atoms with Crippen LogP contribution in [0.25, 0.3) is 0 Å². The monoisotopic (exact) mass is 262 g/mol. The third kappa shape index (κ3) is 3.14. The van der Waals surface area contributed by atoms with Crippen LogP contribution in [0.2, 0.25) is 0 Å². The van der Waals surface area contributed by atoms with Gasteiger partial charge in [0.2, 0.25) is 5.91 Å². The molecule has 1 fully saturated rings. The maximum absolute atomic E-state index is 12.5. The maximum atomic E-state index is 12.5. The van der Waals surface area contributed by atoms with Gasteiger partial charge in [0.25, 0.3) is 0 Å². The Bertz CT molecular complexity index is 430. The van der Waals surface area contributed by atoms with Crippen LogP contribution in [-0.2, 0) is 4.79 Å². The summed E-state index contributed by atoms with van der Waals surface area (Å²) in [5, 5.41) is 9.00. The molecular formula is C15H22N2O2. The highest BCUT2D eigenvalue weighted by Gasteiger charge is 2.31. The van der Waals surface area contributed by atoms with E-state index in [4.69, 9.17) is 5.11 Å². The van der Waals surface area contributed by atoms with Crippen molar-refractivity contribution in [2.75, 3.05) is 31.6 Å². The van der Waals surface area contributed by atoms with Crippen LogP contribution in [0.4, 0.5) is 5.69 Å². The van der Waals surface area contributed by atoms with Gasteiger partial charge in [0, 0.05) is 18.8 Å². The molecule has 1 aromatic rings. The fraction of sp³-hybridized carbons (Fsp3) is 0.533. The number of piperidine rings is 1. The lowest BCUT2D eigenvalue weighted by Crippen LogP contribution is -2.52. The van der Waals surface area contributed by atoms with Crippen molar-refractivity contribution in [3.8, 4) is 0 Å². The molecule has 0 aromatic heterocycles. The standard InChI is InChI=1S/C15H22N2O2/c1-12-5-7-13(8-6-12)17-9-3-4-14(15(17)19)16(2)10-11-18/h5-8,14,18H,3-4,9-11H2,1-2H3. The van der Waals surface area contributed by atoms with Crippen molar-refractivity contribution in [3.05, 3.63) is 29.8 Å². The molecule has 0 spiro atoms. The molecule has 1 N–H and O–H groups in total. The molecule has 4 nitrogen and oxygen atoms in total. The third-order valence-electron chi connectivity index (χ3n) is 3.74. The number of carbonyl (C=O) groups is 1. The minimum atomic E-state index is -0.109. The largest absolute Gasteiger partial charge is 0.395 e. The number of hydrogen-bond donors (Lipinski definition) is 1. The zero-order chi connectivity index (χ0) is 13.8. The molecule has 1 heterocycles. The highest BCUT2D eigenvalue weighted by molar-refractivity contribution is 5.97. The topological polar surface area (TPSA) is 43.8 Å². The lowest BCUT2D eigenvalue weighted by Gasteiger charge is -2.36. The number of anilines is 1. The molecular weight excluding hydrogens is 240 g/mol. The first kappa shape index (κ1) is 14.0. The Labute approximate surface area is 114 Å². The zero-order valence-electron chi connectivity index (χ0n) is 11.7. The van der Waals surface area contributed by atoms with Crippen LogP contribution in [0.15, 0.2) is 24.3 Å². The van der Waals surface area contributed by atoms with Crippen LogP contribution < -0.4 is 4.90 Å². The number of benzene rings is 1. The first-order valence-corrected chi connectivity index (χ1v) is 6.82. The summed E-state index contributed by atoms with van der Waals surface area (Å²) in [6, 6.07) is 7.96. The summed E-state index contributed by atoms with van der Waals surface area (Å²) in [6.07, 6.45) is 1.87. The number of amides is 1. The molecule has 1 aliphatic rings.